The van der Waals surface area contributed by atoms with Crippen molar-refractivity contribution >= 4 is 41.1 Å². The van der Waals surface area contributed by atoms with Gasteiger partial charge in [-0.15, -0.1) is 0 Å². The molecule has 0 aromatic heterocycles. The van der Waals surface area contributed by atoms with E-state index in [9.17, 15) is 28.8 Å². The topological polar surface area (TPSA) is 163 Å². The zero-order valence-corrected chi connectivity index (χ0v) is 21.9. The number of ether oxygens (including phenoxy) is 1. The van der Waals surface area contributed by atoms with E-state index < -0.39 is 17.9 Å². The molecular weight excluding hydrogens is 494 g/mol. The fourth-order valence-corrected chi connectivity index (χ4v) is 3.77. The van der Waals surface area contributed by atoms with Crippen LogP contribution in [0.1, 0.15) is 44.6 Å². The summed E-state index contributed by atoms with van der Waals surface area (Å²) in [5, 5.41) is 10.5. The molecule has 0 fully saturated rings. The number of amides is 6. The number of nitrogens with one attached hydrogen (secondary N) is 4. The number of likely N-dealkylation sites (N-methyl/N-ethyl adjacent to an activating group) is 1. The lowest BCUT2D eigenvalue weighted by Gasteiger charge is -2.19. The van der Waals surface area contributed by atoms with Gasteiger partial charge in [0.25, 0.3) is 11.8 Å². The maximum absolute atomic E-state index is 12.5. The molecule has 1 aromatic carbocycles. The van der Waals surface area contributed by atoms with E-state index in [1.165, 1.54) is 33.2 Å². The van der Waals surface area contributed by atoms with Crippen molar-refractivity contribution in [3.8, 4) is 5.75 Å². The molecule has 206 valence electrons. The minimum atomic E-state index is -0.712. The summed E-state index contributed by atoms with van der Waals surface area (Å²) in [6.45, 7) is 1.93. The minimum Gasteiger partial charge on any atom is -0.493 e. The number of rotatable bonds is 15. The predicted octanol–water partition coefficient (Wildman–Crippen LogP) is 0.101. The Bertz CT molecular complexity index is 1070. The summed E-state index contributed by atoms with van der Waals surface area (Å²) < 4.78 is 5.81. The van der Waals surface area contributed by atoms with Crippen molar-refractivity contribution in [1.82, 2.24) is 21.3 Å². The standard InChI is InChI=1S/C26H35N5O7/c1-17(32)29-14-5-4-6-20(26(37)28-3)30-23(34)13-15-38-21-9-8-19(31-24(35)11-12-25(31)36)16-18(21)7-10-22(33)27-2/h8-9,11-12,16,20H,4-7,10,13-15H2,1-3H3,(H,27,33)(H,28,37)(H,29,32)(H,30,34). The Labute approximate surface area is 221 Å². The van der Waals surface area contributed by atoms with E-state index in [2.05, 4.69) is 21.3 Å². The molecule has 2 rings (SSSR count). The number of aryl methyl sites for hydroxylation is 1. The van der Waals surface area contributed by atoms with E-state index in [1.54, 1.807) is 18.2 Å². The van der Waals surface area contributed by atoms with Crippen LogP contribution in [0.5, 0.6) is 5.75 Å². The summed E-state index contributed by atoms with van der Waals surface area (Å²) >= 11 is 0. The predicted molar refractivity (Wildman–Crippen MR) is 139 cm³/mol. The average Bonchev–Trinajstić information content (AvgIpc) is 3.23. The van der Waals surface area contributed by atoms with Crippen LogP contribution in [0.3, 0.4) is 0 Å². The molecule has 0 saturated carbocycles. The van der Waals surface area contributed by atoms with Gasteiger partial charge in [0.2, 0.25) is 23.6 Å². The van der Waals surface area contributed by atoms with Crippen molar-refractivity contribution in [3.63, 3.8) is 0 Å². The number of hydrogen-bond acceptors (Lipinski definition) is 7. The lowest BCUT2D eigenvalue weighted by Crippen LogP contribution is -2.46. The van der Waals surface area contributed by atoms with Gasteiger partial charge in [0.1, 0.15) is 11.8 Å². The van der Waals surface area contributed by atoms with Crippen LogP contribution in [0.15, 0.2) is 30.4 Å². The maximum atomic E-state index is 12.5. The molecule has 1 unspecified atom stereocenters. The molecule has 1 aliphatic rings. The zero-order chi connectivity index (χ0) is 28.1. The molecule has 1 heterocycles. The van der Waals surface area contributed by atoms with Gasteiger partial charge in [-0.25, -0.2) is 4.90 Å². The monoisotopic (exact) mass is 529 g/mol. The molecule has 1 aliphatic heterocycles. The summed E-state index contributed by atoms with van der Waals surface area (Å²) in [7, 11) is 3.02. The van der Waals surface area contributed by atoms with Crippen LogP contribution >= 0.6 is 0 Å². The Hall–Kier alpha value is -4.22. The summed E-state index contributed by atoms with van der Waals surface area (Å²) in [6.07, 6.45) is 4.51. The number of anilines is 1. The molecule has 0 saturated heterocycles. The zero-order valence-electron chi connectivity index (χ0n) is 21.9. The summed E-state index contributed by atoms with van der Waals surface area (Å²) in [4.78, 5) is 72.6. The van der Waals surface area contributed by atoms with Crippen molar-refractivity contribution in [2.24, 2.45) is 0 Å². The molecule has 0 aliphatic carbocycles. The Kier molecular flexibility index (Phi) is 11.9. The molecule has 6 amide bonds. The maximum Gasteiger partial charge on any atom is 0.258 e. The Morgan fingerprint density at radius 1 is 0.947 bits per heavy atom. The van der Waals surface area contributed by atoms with Gasteiger partial charge in [-0.2, -0.15) is 0 Å². The van der Waals surface area contributed by atoms with Gasteiger partial charge in [0.05, 0.1) is 18.7 Å². The van der Waals surface area contributed by atoms with E-state index in [1.807, 2.05) is 0 Å². The fraction of sp³-hybridized carbons (Fsp3) is 0.462. The number of hydrogen-bond donors (Lipinski definition) is 4. The Morgan fingerprint density at radius 3 is 2.29 bits per heavy atom. The summed E-state index contributed by atoms with van der Waals surface area (Å²) in [6, 6.07) is 4.05. The van der Waals surface area contributed by atoms with Crippen LogP contribution in [-0.2, 0) is 35.2 Å². The van der Waals surface area contributed by atoms with Gasteiger partial charge in [0.15, 0.2) is 0 Å². The average molecular weight is 530 g/mol. The van der Waals surface area contributed by atoms with Crippen LogP contribution in [0, 0.1) is 0 Å². The van der Waals surface area contributed by atoms with Crippen LogP contribution < -0.4 is 30.9 Å². The number of benzene rings is 1. The quantitative estimate of drug-likeness (QED) is 0.185. The Morgan fingerprint density at radius 2 is 1.66 bits per heavy atom. The van der Waals surface area contributed by atoms with Crippen molar-refractivity contribution < 1.29 is 33.5 Å². The van der Waals surface area contributed by atoms with Crippen LogP contribution in [0.25, 0.3) is 0 Å². The number of nitrogens with zero attached hydrogens (tertiary/aromatic N) is 1. The number of carbonyl (C=O) groups is 6. The summed E-state index contributed by atoms with van der Waals surface area (Å²) in [5.41, 5.74) is 0.954. The van der Waals surface area contributed by atoms with E-state index in [4.69, 9.17) is 4.74 Å². The van der Waals surface area contributed by atoms with E-state index >= 15 is 0 Å². The van der Waals surface area contributed by atoms with Gasteiger partial charge in [0, 0.05) is 46.1 Å². The van der Waals surface area contributed by atoms with Crippen LogP contribution in [0.4, 0.5) is 5.69 Å². The number of carbonyl (C=O) groups excluding carboxylic acids is 6. The summed E-state index contributed by atoms with van der Waals surface area (Å²) in [5.74, 6) is -1.50. The van der Waals surface area contributed by atoms with Crippen molar-refractivity contribution in [2.75, 3.05) is 32.1 Å². The molecule has 12 heteroatoms. The van der Waals surface area contributed by atoms with E-state index in [0.717, 1.165) is 4.90 Å². The normalized spacial score (nSPS) is 13.2. The number of unbranched alkanes of at least 4 members (excludes halogenated alkanes) is 1. The largest absolute Gasteiger partial charge is 0.493 e. The van der Waals surface area contributed by atoms with Crippen LogP contribution in [0.2, 0.25) is 0 Å². The lowest BCUT2D eigenvalue weighted by molar-refractivity contribution is -0.129. The van der Waals surface area contributed by atoms with Gasteiger partial charge in [-0.3, -0.25) is 28.8 Å². The van der Waals surface area contributed by atoms with Gasteiger partial charge in [-0.05, 0) is 49.4 Å². The van der Waals surface area contributed by atoms with E-state index in [-0.39, 0.29) is 49.5 Å². The minimum absolute atomic E-state index is 0.00425. The van der Waals surface area contributed by atoms with Gasteiger partial charge >= 0.3 is 0 Å². The third-order valence-electron chi connectivity index (χ3n) is 5.79. The highest BCUT2D eigenvalue weighted by Crippen LogP contribution is 2.28. The molecule has 0 radical (unpaired) electrons. The Balaban J connectivity index is 1.98. The van der Waals surface area contributed by atoms with E-state index in [0.29, 0.717) is 42.8 Å². The molecule has 4 N–H and O–H groups in total. The molecule has 1 aromatic rings. The van der Waals surface area contributed by atoms with Crippen LogP contribution in [-0.4, -0.2) is 68.7 Å². The first kappa shape index (κ1) is 30.0. The second kappa shape index (κ2) is 15.1. The third kappa shape index (κ3) is 9.34. The number of imide groups is 1. The highest BCUT2D eigenvalue weighted by atomic mass is 16.5. The highest BCUT2D eigenvalue weighted by Gasteiger charge is 2.26. The second-order valence-corrected chi connectivity index (χ2v) is 8.62. The van der Waals surface area contributed by atoms with Gasteiger partial charge in [-0.1, -0.05) is 0 Å². The smallest absolute Gasteiger partial charge is 0.258 e. The third-order valence-corrected chi connectivity index (χ3v) is 5.79. The molecule has 38 heavy (non-hydrogen) atoms. The molecule has 0 bridgehead atoms. The first-order valence-electron chi connectivity index (χ1n) is 12.4. The molecule has 0 spiro atoms. The van der Waals surface area contributed by atoms with Gasteiger partial charge < -0.3 is 26.0 Å². The highest BCUT2D eigenvalue weighted by molar-refractivity contribution is 6.28. The SMILES string of the molecule is CNC(=O)CCc1cc(N2C(=O)C=CC2=O)ccc1OCCC(=O)NC(CCCCNC(C)=O)C(=O)NC. The molecule has 12 nitrogen and oxygen atoms in total. The van der Waals surface area contributed by atoms with Crippen molar-refractivity contribution in [1.29, 1.82) is 0 Å². The first-order valence-corrected chi connectivity index (χ1v) is 12.4. The fourth-order valence-electron chi connectivity index (χ4n) is 3.77. The van der Waals surface area contributed by atoms with Crippen molar-refractivity contribution in [3.05, 3.63) is 35.9 Å². The molecular formula is C26H35N5O7. The first-order chi connectivity index (χ1) is 18.2. The second-order valence-electron chi connectivity index (χ2n) is 8.62. The molecule has 1 atom stereocenters. The lowest BCUT2D eigenvalue weighted by atomic mass is 10.1. The van der Waals surface area contributed by atoms with Crippen molar-refractivity contribution in [2.45, 2.75) is 51.5 Å².